The van der Waals surface area contributed by atoms with Crippen LogP contribution in [0.1, 0.15) is 30.4 Å². The summed E-state index contributed by atoms with van der Waals surface area (Å²) in [5, 5.41) is 0. The molecule has 0 unspecified atom stereocenters. The molecule has 2 nitrogen and oxygen atoms in total. The van der Waals surface area contributed by atoms with Crippen LogP contribution < -0.4 is 10.6 Å². The topological polar surface area (TPSA) is 29.3 Å². The summed E-state index contributed by atoms with van der Waals surface area (Å²) in [5.74, 6) is 0.623. The van der Waals surface area contributed by atoms with Crippen LogP contribution in [-0.2, 0) is 12.6 Å². The number of hydrogen-bond acceptors (Lipinski definition) is 2. The Balaban J connectivity index is 2.21. The molecule has 1 aromatic carbocycles. The third-order valence-corrected chi connectivity index (χ3v) is 4.01. The highest BCUT2D eigenvalue weighted by Crippen LogP contribution is 2.35. The van der Waals surface area contributed by atoms with Gasteiger partial charge in [-0.25, -0.2) is 0 Å². The molecule has 1 aromatic rings. The average Bonchev–Trinajstić information content (AvgIpc) is 2.33. The lowest BCUT2D eigenvalue weighted by atomic mass is 9.85. The van der Waals surface area contributed by atoms with Crippen LogP contribution >= 0.6 is 0 Å². The molecule has 1 aliphatic carbocycles. The predicted octanol–water partition coefficient (Wildman–Crippen LogP) is 3.44. The Labute approximate surface area is 117 Å². The molecule has 0 radical (unpaired) electrons. The normalized spacial score (nSPS) is 16.1. The molecule has 0 atom stereocenters. The Morgan fingerprint density at radius 2 is 2.00 bits per heavy atom. The molecule has 20 heavy (non-hydrogen) atoms. The molecule has 0 spiro atoms. The predicted molar refractivity (Wildman–Crippen MR) is 74.8 cm³/mol. The first-order chi connectivity index (χ1) is 9.41. The van der Waals surface area contributed by atoms with Crippen molar-refractivity contribution in [1.29, 1.82) is 0 Å². The van der Waals surface area contributed by atoms with E-state index in [2.05, 4.69) is 0 Å². The maximum absolute atomic E-state index is 13.1. The van der Waals surface area contributed by atoms with Crippen molar-refractivity contribution in [2.45, 2.75) is 31.9 Å². The number of halogens is 3. The first-order valence-electron chi connectivity index (χ1n) is 7.03. The van der Waals surface area contributed by atoms with Crippen molar-refractivity contribution in [3.05, 3.63) is 29.3 Å². The lowest BCUT2D eigenvalue weighted by molar-refractivity contribution is -0.138. The number of nitrogens with zero attached hydrogens (tertiary/aromatic N) is 1. The van der Waals surface area contributed by atoms with Crippen molar-refractivity contribution in [3.63, 3.8) is 0 Å². The van der Waals surface area contributed by atoms with Crippen LogP contribution in [0.2, 0.25) is 0 Å². The zero-order valence-corrected chi connectivity index (χ0v) is 11.7. The van der Waals surface area contributed by atoms with Gasteiger partial charge < -0.3 is 10.6 Å². The second-order valence-corrected chi connectivity index (χ2v) is 5.56. The van der Waals surface area contributed by atoms with Gasteiger partial charge in [0, 0.05) is 19.3 Å². The summed E-state index contributed by atoms with van der Waals surface area (Å²) < 4.78 is 39.3. The van der Waals surface area contributed by atoms with Gasteiger partial charge in [-0.3, -0.25) is 0 Å². The minimum atomic E-state index is -4.32. The smallest absolute Gasteiger partial charge is 0.374 e. The zero-order valence-electron chi connectivity index (χ0n) is 11.7. The summed E-state index contributed by atoms with van der Waals surface area (Å²) in [4.78, 5) is 1.92. The van der Waals surface area contributed by atoms with Gasteiger partial charge in [-0.1, -0.05) is 12.5 Å². The third kappa shape index (κ3) is 3.45. The van der Waals surface area contributed by atoms with Gasteiger partial charge in [-0.15, -0.1) is 0 Å². The van der Waals surface area contributed by atoms with Crippen LogP contribution in [0.15, 0.2) is 18.2 Å². The second-order valence-electron chi connectivity index (χ2n) is 5.56. The second kappa shape index (κ2) is 6.04. The quantitative estimate of drug-likeness (QED) is 0.898. The Kier molecular flexibility index (Phi) is 4.58. The fourth-order valence-electron chi connectivity index (χ4n) is 2.61. The number of rotatable bonds is 5. The summed E-state index contributed by atoms with van der Waals surface area (Å²) >= 11 is 0. The molecule has 0 heterocycles. The van der Waals surface area contributed by atoms with Gasteiger partial charge >= 0.3 is 6.18 Å². The van der Waals surface area contributed by atoms with Crippen LogP contribution in [0, 0.1) is 5.92 Å². The largest absolute Gasteiger partial charge is 0.416 e. The van der Waals surface area contributed by atoms with Crippen molar-refractivity contribution in [2.24, 2.45) is 11.7 Å². The van der Waals surface area contributed by atoms with Crippen molar-refractivity contribution in [3.8, 4) is 0 Å². The van der Waals surface area contributed by atoms with Crippen molar-refractivity contribution in [1.82, 2.24) is 0 Å². The van der Waals surface area contributed by atoms with E-state index in [0.717, 1.165) is 6.54 Å². The van der Waals surface area contributed by atoms with E-state index in [4.69, 9.17) is 5.73 Å². The average molecular weight is 286 g/mol. The van der Waals surface area contributed by atoms with E-state index in [9.17, 15) is 13.2 Å². The standard InChI is InChI=1S/C15H21F3N2/c1-20(10-11-3-2-4-11)13-6-5-12(7-8-19)14(9-13)15(16,17)18/h5-6,9,11H,2-4,7-8,10,19H2,1H3. The van der Waals surface area contributed by atoms with E-state index in [-0.39, 0.29) is 18.5 Å². The minimum Gasteiger partial charge on any atom is -0.374 e. The SMILES string of the molecule is CN(CC1CCC1)c1ccc(CCN)c(C(F)(F)F)c1. The molecule has 0 amide bonds. The number of hydrogen-bond donors (Lipinski definition) is 1. The zero-order chi connectivity index (χ0) is 14.8. The maximum atomic E-state index is 13.1. The fourth-order valence-corrected chi connectivity index (χ4v) is 2.61. The molecule has 0 aromatic heterocycles. The van der Waals surface area contributed by atoms with Crippen LogP contribution in [0.4, 0.5) is 18.9 Å². The van der Waals surface area contributed by atoms with Gasteiger partial charge in [-0.05, 0) is 49.4 Å². The molecule has 5 heteroatoms. The van der Waals surface area contributed by atoms with E-state index in [1.54, 1.807) is 12.1 Å². The lowest BCUT2D eigenvalue weighted by Gasteiger charge is -2.31. The first kappa shape index (κ1) is 15.2. The Morgan fingerprint density at radius 3 is 2.50 bits per heavy atom. The molecule has 1 aliphatic rings. The van der Waals surface area contributed by atoms with Crippen molar-refractivity contribution in [2.75, 3.05) is 25.0 Å². The number of nitrogens with two attached hydrogens (primary N) is 1. The van der Waals surface area contributed by atoms with Crippen LogP contribution in [0.25, 0.3) is 0 Å². The lowest BCUT2D eigenvalue weighted by Crippen LogP contribution is -2.29. The van der Waals surface area contributed by atoms with E-state index in [1.807, 2.05) is 11.9 Å². The molecule has 1 saturated carbocycles. The molecule has 2 N–H and O–H groups in total. The molecule has 0 saturated heterocycles. The van der Waals surface area contributed by atoms with Crippen LogP contribution in [0.5, 0.6) is 0 Å². The maximum Gasteiger partial charge on any atom is 0.416 e. The molecule has 2 rings (SSSR count). The fraction of sp³-hybridized carbons (Fsp3) is 0.600. The van der Waals surface area contributed by atoms with Gasteiger partial charge in [-0.2, -0.15) is 13.2 Å². The van der Waals surface area contributed by atoms with E-state index in [1.165, 1.54) is 25.3 Å². The molecule has 0 aliphatic heterocycles. The van der Waals surface area contributed by atoms with E-state index >= 15 is 0 Å². The summed E-state index contributed by atoms with van der Waals surface area (Å²) in [7, 11) is 1.86. The van der Waals surface area contributed by atoms with E-state index in [0.29, 0.717) is 11.6 Å². The highest BCUT2D eigenvalue weighted by Gasteiger charge is 2.33. The van der Waals surface area contributed by atoms with Gasteiger partial charge in [0.05, 0.1) is 5.56 Å². The summed E-state index contributed by atoms with van der Waals surface area (Å²) in [6, 6.07) is 4.57. The van der Waals surface area contributed by atoms with Crippen molar-refractivity contribution >= 4 is 5.69 Å². The Bertz CT molecular complexity index is 453. The summed E-state index contributed by atoms with van der Waals surface area (Å²) in [6.07, 6.45) is -0.468. The highest BCUT2D eigenvalue weighted by atomic mass is 19.4. The first-order valence-corrected chi connectivity index (χ1v) is 7.03. The van der Waals surface area contributed by atoms with E-state index < -0.39 is 11.7 Å². The molecule has 1 fully saturated rings. The summed E-state index contributed by atoms with van der Waals surface area (Å²) in [6.45, 7) is 1.05. The van der Waals surface area contributed by atoms with Gasteiger partial charge in [0.25, 0.3) is 0 Å². The third-order valence-electron chi connectivity index (χ3n) is 4.01. The molecule has 0 bridgehead atoms. The Morgan fingerprint density at radius 1 is 1.30 bits per heavy atom. The number of benzene rings is 1. The summed E-state index contributed by atoms with van der Waals surface area (Å²) in [5.41, 5.74) is 5.74. The number of alkyl halides is 3. The monoisotopic (exact) mass is 286 g/mol. The molecular formula is C15H21F3N2. The minimum absolute atomic E-state index is 0.223. The highest BCUT2D eigenvalue weighted by molar-refractivity contribution is 5.51. The number of anilines is 1. The molecule has 112 valence electrons. The van der Waals surface area contributed by atoms with Gasteiger partial charge in [0.15, 0.2) is 0 Å². The van der Waals surface area contributed by atoms with Gasteiger partial charge in [0.2, 0.25) is 0 Å². The molecular weight excluding hydrogens is 265 g/mol. The van der Waals surface area contributed by atoms with Gasteiger partial charge in [0.1, 0.15) is 0 Å². The van der Waals surface area contributed by atoms with Crippen LogP contribution in [-0.4, -0.2) is 20.1 Å². The van der Waals surface area contributed by atoms with Crippen LogP contribution in [0.3, 0.4) is 0 Å². The van der Waals surface area contributed by atoms with Crippen molar-refractivity contribution < 1.29 is 13.2 Å². The Hall–Kier alpha value is -1.23.